The second-order valence-electron chi connectivity index (χ2n) is 4.89. The molecule has 0 spiro atoms. The maximum Gasteiger partial charge on any atom is 0.150 e. The predicted molar refractivity (Wildman–Crippen MR) is 68.7 cm³/mol. The Labute approximate surface area is 113 Å². The van der Waals surface area contributed by atoms with Gasteiger partial charge in [-0.3, -0.25) is 0 Å². The third-order valence-electron chi connectivity index (χ3n) is 2.99. The summed E-state index contributed by atoms with van der Waals surface area (Å²) in [6.07, 6.45) is 1.84. The monoisotopic (exact) mass is 270 g/mol. The highest BCUT2D eigenvalue weighted by Crippen LogP contribution is 2.11. The summed E-state index contributed by atoms with van der Waals surface area (Å²) in [4.78, 5) is 0. The lowest BCUT2D eigenvalue weighted by molar-refractivity contribution is -0.0165. The van der Waals surface area contributed by atoms with Crippen molar-refractivity contribution in [2.24, 2.45) is 0 Å². The molecule has 2 N–H and O–H groups in total. The van der Waals surface area contributed by atoms with Crippen LogP contribution in [0.5, 0.6) is 0 Å². The number of hydrogen-bond donors (Lipinski definition) is 2. The molecule has 0 aliphatic carbocycles. The highest BCUT2D eigenvalue weighted by Gasteiger charge is 2.16. The maximum absolute atomic E-state index is 9.73. The highest BCUT2D eigenvalue weighted by atomic mass is 16.5. The summed E-state index contributed by atoms with van der Waals surface area (Å²) in [6, 6.07) is 1.87. The molecule has 0 saturated carbocycles. The zero-order valence-corrected chi connectivity index (χ0v) is 11.3. The fourth-order valence-corrected chi connectivity index (χ4v) is 2.03. The molecule has 2 atom stereocenters. The minimum Gasteiger partial charge on any atom is -0.389 e. The van der Waals surface area contributed by atoms with E-state index in [1.165, 1.54) is 0 Å². The van der Waals surface area contributed by atoms with E-state index in [9.17, 15) is 5.11 Å². The Kier molecular flexibility index (Phi) is 5.78. The normalized spacial score (nSPS) is 20.8. The minimum atomic E-state index is -0.523. The number of nitrogens with one attached hydrogen (secondary N) is 1. The molecule has 1 aliphatic rings. The van der Waals surface area contributed by atoms with E-state index in [0.29, 0.717) is 26.3 Å². The van der Waals surface area contributed by atoms with Crippen molar-refractivity contribution < 1.29 is 19.1 Å². The molecule has 6 heteroatoms. The van der Waals surface area contributed by atoms with Gasteiger partial charge in [0.15, 0.2) is 5.76 Å². The topological polar surface area (TPSA) is 76.8 Å². The molecular formula is C13H22N2O4. The van der Waals surface area contributed by atoms with Crippen molar-refractivity contribution >= 4 is 0 Å². The average Bonchev–Trinajstić information content (AvgIpc) is 3.01. The summed E-state index contributed by atoms with van der Waals surface area (Å²) in [7, 11) is 0. The third kappa shape index (κ3) is 5.28. The van der Waals surface area contributed by atoms with E-state index in [0.717, 1.165) is 30.9 Å². The molecule has 0 radical (unpaired) electrons. The number of aromatic nitrogens is 1. The molecule has 1 fully saturated rings. The zero-order chi connectivity index (χ0) is 13.5. The van der Waals surface area contributed by atoms with Gasteiger partial charge in [0.25, 0.3) is 0 Å². The Hall–Kier alpha value is -0.950. The first-order chi connectivity index (χ1) is 9.24. The molecule has 0 amide bonds. The van der Waals surface area contributed by atoms with Gasteiger partial charge in [-0.25, -0.2) is 0 Å². The summed E-state index contributed by atoms with van der Waals surface area (Å²) in [5, 5.41) is 16.6. The van der Waals surface area contributed by atoms with Crippen LogP contribution >= 0.6 is 0 Å². The lowest BCUT2D eigenvalue weighted by Crippen LogP contribution is -2.31. The molecule has 2 unspecified atom stereocenters. The number of aliphatic hydroxyl groups is 1. The van der Waals surface area contributed by atoms with E-state index in [4.69, 9.17) is 14.0 Å². The number of hydrogen-bond acceptors (Lipinski definition) is 6. The number of ether oxygens (including phenoxy) is 2. The second-order valence-corrected chi connectivity index (χ2v) is 4.89. The summed E-state index contributed by atoms with van der Waals surface area (Å²) in [6.45, 7) is 4.62. The number of nitrogens with zero attached hydrogens (tertiary/aromatic N) is 1. The second kappa shape index (κ2) is 7.59. The van der Waals surface area contributed by atoms with Crippen molar-refractivity contribution in [1.82, 2.24) is 10.5 Å². The average molecular weight is 270 g/mol. The number of aliphatic hydroxyl groups excluding tert-OH is 1. The van der Waals surface area contributed by atoms with Crippen LogP contribution in [0.3, 0.4) is 0 Å². The fourth-order valence-electron chi connectivity index (χ4n) is 2.03. The van der Waals surface area contributed by atoms with Crippen molar-refractivity contribution in [3.63, 3.8) is 0 Å². The van der Waals surface area contributed by atoms with Crippen LogP contribution in [0, 0.1) is 6.92 Å². The molecule has 108 valence electrons. The van der Waals surface area contributed by atoms with Crippen molar-refractivity contribution in [3.05, 3.63) is 17.5 Å². The lowest BCUT2D eigenvalue weighted by atomic mass is 10.2. The van der Waals surface area contributed by atoms with E-state index in [1.54, 1.807) is 0 Å². The lowest BCUT2D eigenvalue weighted by Gasteiger charge is -2.14. The van der Waals surface area contributed by atoms with E-state index in [2.05, 4.69) is 10.5 Å². The largest absolute Gasteiger partial charge is 0.389 e. The number of aryl methyl sites for hydroxylation is 1. The van der Waals surface area contributed by atoms with Gasteiger partial charge in [-0.1, -0.05) is 5.16 Å². The molecular weight excluding hydrogens is 248 g/mol. The van der Waals surface area contributed by atoms with Crippen LogP contribution in [0.4, 0.5) is 0 Å². The molecule has 6 nitrogen and oxygen atoms in total. The van der Waals surface area contributed by atoms with Crippen LogP contribution in [0.25, 0.3) is 0 Å². The quantitative estimate of drug-likeness (QED) is 0.721. The standard InChI is InChI=1S/C13H22N2O4/c1-10-5-13(19-15-10)7-14-6-11(16)8-17-9-12-3-2-4-18-12/h5,11-12,14,16H,2-4,6-9H2,1H3. The van der Waals surface area contributed by atoms with Gasteiger partial charge >= 0.3 is 0 Å². The van der Waals surface area contributed by atoms with Crippen LogP contribution in [-0.2, 0) is 16.0 Å². The van der Waals surface area contributed by atoms with Gasteiger partial charge in [0.2, 0.25) is 0 Å². The maximum atomic E-state index is 9.73. The van der Waals surface area contributed by atoms with Crippen LogP contribution < -0.4 is 5.32 Å². The molecule has 2 heterocycles. The highest BCUT2D eigenvalue weighted by molar-refractivity contribution is 5.02. The van der Waals surface area contributed by atoms with E-state index in [1.807, 2.05) is 13.0 Å². The van der Waals surface area contributed by atoms with Crippen molar-refractivity contribution in [2.45, 2.75) is 38.5 Å². The molecule has 1 aromatic rings. The van der Waals surface area contributed by atoms with Crippen LogP contribution in [0.15, 0.2) is 10.6 Å². The summed E-state index contributed by atoms with van der Waals surface area (Å²) >= 11 is 0. The first-order valence-corrected chi connectivity index (χ1v) is 6.74. The minimum absolute atomic E-state index is 0.206. The van der Waals surface area contributed by atoms with Gasteiger partial charge in [0, 0.05) is 19.2 Å². The van der Waals surface area contributed by atoms with Crippen molar-refractivity contribution in [1.29, 1.82) is 0 Å². The molecule has 1 saturated heterocycles. The molecule has 19 heavy (non-hydrogen) atoms. The van der Waals surface area contributed by atoms with Crippen molar-refractivity contribution in [3.8, 4) is 0 Å². The van der Waals surface area contributed by atoms with Gasteiger partial charge in [-0.2, -0.15) is 0 Å². The smallest absolute Gasteiger partial charge is 0.150 e. The van der Waals surface area contributed by atoms with E-state index < -0.39 is 6.10 Å². The summed E-state index contributed by atoms with van der Waals surface area (Å²) in [5.74, 6) is 0.768. The molecule has 0 aromatic carbocycles. The Balaban J connectivity index is 1.50. The Morgan fingerprint density at radius 3 is 3.21 bits per heavy atom. The molecule has 1 aliphatic heterocycles. The Morgan fingerprint density at radius 1 is 1.63 bits per heavy atom. The molecule has 2 rings (SSSR count). The summed E-state index contributed by atoms with van der Waals surface area (Å²) < 4.78 is 15.9. The molecule has 0 bridgehead atoms. The molecule has 1 aromatic heterocycles. The van der Waals surface area contributed by atoms with Gasteiger partial charge < -0.3 is 24.4 Å². The Bertz CT molecular complexity index is 363. The summed E-state index contributed by atoms with van der Waals surface area (Å²) in [5.41, 5.74) is 0.859. The van der Waals surface area contributed by atoms with Gasteiger partial charge in [-0.05, 0) is 19.8 Å². The van der Waals surface area contributed by atoms with Crippen molar-refractivity contribution in [2.75, 3.05) is 26.4 Å². The first kappa shape index (κ1) is 14.5. The van der Waals surface area contributed by atoms with Crippen LogP contribution in [0.2, 0.25) is 0 Å². The van der Waals surface area contributed by atoms with Crippen LogP contribution in [0.1, 0.15) is 24.3 Å². The van der Waals surface area contributed by atoms with Gasteiger partial charge in [-0.15, -0.1) is 0 Å². The van der Waals surface area contributed by atoms with Gasteiger partial charge in [0.1, 0.15) is 0 Å². The predicted octanol–water partition coefficient (Wildman–Crippen LogP) is 0.629. The fraction of sp³-hybridized carbons (Fsp3) is 0.769. The van der Waals surface area contributed by atoms with Gasteiger partial charge in [0.05, 0.1) is 37.7 Å². The Morgan fingerprint density at radius 2 is 2.53 bits per heavy atom. The van der Waals surface area contributed by atoms with E-state index in [-0.39, 0.29) is 6.10 Å². The van der Waals surface area contributed by atoms with Crippen LogP contribution in [-0.4, -0.2) is 48.8 Å². The SMILES string of the molecule is Cc1cc(CNCC(O)COCC2CCCO2)on1. The van der Waals surface area contributed by atoms with E-state index >= 15 is 0 Å². The first-order valence-electron chi connectivity index (χ1n) is 6.74. The third-order valence-corrected chi connectivity index (χ3v) is 2.99. The number of rotatable bonds is 8. The zero-order valence-electron chi connectivity index (χ0n) is 11.3.